The van der Waals surface area contributed by atoms with E-state index >= 15 is 0 Å². The maximum atomic E-state index is 13.0. The highest BCUT2D eigenvalue weighted by atomic mass is 35.5. The molecule has 2 fully saturated rings. The molecule has 2 aliphatic heterocycles. The van der Waals surface area contributed by atoms with E-state index in [1.807, 2.05) is 43.3 Å². The molecule has 5 atom stereocenters. The van der Waals surface area contributed by atoms with Crippen LogP contribution >= 0.6 is 23.2 Å². The molecular weight excluding hydrogens is 439 g/mol. The minimum absolute atomic E-state index is 0.0257. The van der Waals surface area contributed by atoms with Gasteiger partial charge < -0.3 is 10.6 Å². The Bertz CT molecular complexity index is 943. The molecule has 5 unspecified atom stereocenters. The van der Waals surface area contributed by atoms with Crippen molar-refractivity contribution in [1.82, 2.24) is 10.6 Å². The lowest BCUT2D eigenvalue weighted by atomic mass is 9.73. The van der Waals surface area contributed by atoms with Gasteiger partial charge in [-0.1, -0.05) is 60.8 Å². The molecular formula is C27H34Cl2N2O. The molecule has 3 nitrogen and oxygen atoms in total. The molecule has 2 bridgehead atoms. The van der Waals surface area contributed by atoms with Crippen LogP contribution in [0, 0.1) is 24.7 Å². The topological polar surface area (TPSA) is 41.1 Å². The number of fused-ring (bicyclic) bond motifs is 2. The first-order chi connectivity index (χ1) is 15.3. The second-order valence-electron chi connectivity index (χ2n) is 10.1. The average molecular weight is 473 g/mol. The minimum Gasteiger partial charge on any atom is -0.349 e. The maximum Gasteiger partial charge on any atom is 0.251 e. The zero-order chi connectivity index (χ0) is 22.8. The molecule has 2 N–H and O–H groups in total. The predicted octanol–water partition coefficient (Wildman–Crippen LogP) is 6.45. The van der Waals surface area contributed by atoms with Gasteiger partial charge in [-0.2, -0.15) is 0 Å². The highest BCUT2D eigenvalue weighted by Gasteiger charge is 2.42. The monoisotopic (exact) mass is 472 g/mol. The van der Waals surface area contributed by atoms with Crippen LogP contribution < -0.4 is 10.6 Å². The highest BCUT2D eigenvalue weighted by molar-refractivity contribution is 6.42. The summed E-state index contributed by atoms with van der Waals surface area (Å²) >= 11 is 12.4. The van der Waals surface area contributed by atoms with E-state index in [-0.39, 0.29) is 11.9 Å². The summed E-state index contributed by atoms with van der Waals surface area (Å²) in [6.07, 6.45) is 5.65. The maximum absolute atomic E-state index is 13.0. The summed E-state index contributed by atoms with van der Waals surface area (Å²) in [5.41, 5.74) is 3.15. The van der Waals surface area contributed by atoms with Gasteiger partial charge in [-0.15, -0.1) is 0 Å². The van der Waals surface area contributed by atoms with Gasteiger partial charge in [0.25, 0.3) is 5.91 Å². The molecule has 5 heteroatoms. The van der Waals surface area contributed by atoms with Crippen molar-refractivity contribution in [3.05, 3.63) is 69.2 Å². The zero-order valence-electron chi connectivity index (χ0n) is 19.2. The lowest BCUT2D eigenvalue weighted by Crippen LogP contribution is -2.50. The van der Waals surface area contributed by atoms with Crippen LogP contribution in [0.15, 0.2) is 42.5 Å². The largest absolute Gasteiger partial charge is 0.349 e. The number of carbonyl (C=O) groups is 1. The molecule has 32 heavy (non-hydrogen) atoms. The molecule has 0 aromatic heterocycles. The molecule has 2 aromatic rings. The number of carbonyl (C=O) groups excluding carboxylic acids is 1. The number of benzene rings is 2. The van der Waals surface area contributed by atoms with Crippen molar-refractivity contribution in [3.63, 3.8) is 0 Å². The number of amides is 1. The second kappa shape index (κ2) is 10.2. The van der Waals surface area contributed by atoms with E-state index in [2.05, 4.69) is 30.5 Å². The average Bonchev–Trinajstić information content (AvgIpc) is 3.15. The van der Waals surface area contributed by atoms with Gasteiger partial charge in [0.15, 0.2) is 0 Å². The van der Waals surface area contributed by atoms with Gasteiger partial charge in [-0.25, -0.2) is 0 Å². The van der Waals surface area contributed by atoms with Gasteiger partial charge in [-0.05, 0) is 86.6 Å². The first-order valence-corrected chi connectivity index (χ1v) is 12.6. The van der Waals surface area contributed by atoms with Crippen LogP contribution in [0.25, 0.3) is 0 Å². The van der Waals surface area contributed by atoms with E-state index in [0.717, 1.165) is 24.0 Å². The normalized spacial score (nSPS) is 25.7. The first-order valence-electron chi connectivity index (χ1n) is 11.9. The molecule has 0 spiro atoms. The number of aryl methyl sites for hydroxylation is 1. The Morgan fingerprint density at radius 3 is 2.53 bits per heavy atom. The zero-order valence-corrected chi connectivity index (χ0v) is 20.7. The highest BCUT2D eigenvalue weighted by Crippen LogP contribution is 2.41. The number of rotatable bonds is 7. The summed E-state index contributed by atoms with van der Waals surface area (Å²) in [4.78, 5) is 13.0. The van der Waals surface area contributed by atoms with Gasteiger partial charge in [0.1, 0.15) is 0 Å². The molecule has 0 saturated carbocycles. The summed E-state index contributed by atoms with van der Waals surface area (Å²) in [6.45, 7) is 6.46. The van der Waals surface area contributed by atoms with Gasteiger partial charge in [0.2, 0.25) is 0 Å². The predicted molar refractivity (Wildman–Crippen MR) is 134 cm³/mol. The second-order valence-corrected chi connectivity index (χ2v) is 10.9. The smallest absolute Gasteiger partial charge is 0.251 e. The van der Waals surface area contributed by atoms with Gasteiger partial charge in [-0.3, -0.25) is 4.79 Å². The molecule has 2 aliphatic rings. The minimum atomic E-state index is 0.0257. The molecule has 2 heterocycles. The summed E-state index contributed by atoms with van der Waals surface area (Å²) in [5, 5.41) is 8.44. The number of hydrogen-bond acceptors (Lipinski definition) is 2. The summed E-state index contributed by atoms with van der Waals surface area (Å²) in [7, 11) is 0. The first kappa shape index (κ1) is 23.6. The molecule has 4 rings (SSSR count). The Hall–Kier alpha value is -1.55. The van der Waals surface area contributed by atoms with E-state index in [4.69, 9.17) is 23.2 Å². The molecule has 2 saturated heterocycles. The van der Waals surface area contributed by atoms with Crippen LogP contribution in [0.4, 0.5) is 0 Å². The third-order valence-electron chi connectivity index (χ3n) is 7.43. The van der Waals surface area contributed by atoms with Crippen LogP contribution in [0.2, 0.25) is 10.0 Å². The van der Waals surface area contributed by atoms with E-state index in [1.54, 1.807) is 0 Å². The van der Waals surface area contributed by atoms with Crippen LogP contribution in [0.5, 0.6) is 0 Å². The standard InChI is InChI=1S/C27H34Cl2N2O/c1-16(2)26(31-27(32)19-7-4-17(3)5-8-19)15-22-20(14-21-9-11-25(22)30-21)12-18-6-10-23(28)24(29)13-18/h4-8,10,13,16,20-22,25-26,30H,9,11-12,14-15H2,1-3H3,(H,31,32). The third kappa shape index (κ3) is 5.50. The molecule has 2 aromatic carbocycles. The SMILES string of the molecule is Cc1ccc(C(=O)NC(CC2C(Cc3ccc(Cl)c(Cl)c3)CC3CCC2N3)C(C)C)cc1. The summed E-state index contributed by atoms with van der Waals surface area (Å²) in [5.74, 6) is 1.49. The fourth-order valence-electron chi connectivity index (χ4n) is 5.55. The Labute approximate surface area is 202 Å². The van der Waals surface area contributed by atoms with Crippen molar-refractivity contribution < 1.29 is 4.79 Å². The number of nitrogens with one attached hydrogen (secondary N) is 2. The van der Waals surface area contributed by atoms with Crippen molar-refractivity contribution in [1.29, 1.82) is 0 Å². The summed E-state index contributed by atoms with van der Waals surface area (Å²) < 4.78 is 0. The van der Waals surface area contributed by atoms with Crippen LogP contribution in [-0.2, 0) is 6.42 Å². The Morgan fingerprint density at radius 2 is 1.84 bits per heavy atom. The van der Waals surface area contributed by atoms with Crippen molar-refractivity contribution in [3.8, 4) is 0 Å². The number of piperidine rings is 1. The van der Waals surface area contributed by atoms with E-state index in [0.29, 0.717) is 39.9 Å². The number of halogens is 2. The Kier molecular flexibility index (Phi) is 7.49. The van der Waals surface area contributed by atoms with Crippen LogP contribution in [0.3, 0.4) is 0 Å². The van der Waals surface area contributed by atoms with Crippen molar-refractivity contribution in [2.75, 3.05) is 0 Å². The molecule has 0 radical (unpaired) electrons. The lowest BCUT2D eigenvalue weighted by molar-refractivity contribution is 0.0894. The van der Waals surface area contributed by atoms with Gasteiger partial charge in [0, 0.05) is 23.7 Å². The van der Waals surface area contributed by atoms with Gasteiger partial charge >= 0.3 is 0 Å². The molecule has 172 valence electrons. The third-order valence-corrected chi connectivity index (χ3v) is 8.17. The lowest BCUT2D eigenvalue weighted by Gasteiger charge is -2.40. The Morgan fingerprint density at radius 1 is 1.09 bits per heavy atom. The van der Waals surface area contributed by atoms with Crippen LogP contribution in [-0.4, -0.2) is 24.0 Å². The van der Waals surface area contributed by atoms with Crippen molar-refractivity contribution >= 4 is 29.1 Å². The van der Waals surface area contributed by atoms with E-state index in [1.165, 1.54) is 24.8 Å². The fraction of sp³-hybridized carbons (Fsp3) is 0.519. The van der Waals surface area contributed by atoms with E-state index in [9.17, 15) is 4.79 Å². The number of hydrogen-bond donors (Lipinski definition) is 2. The molecule has 1 amide bonds. The van der Waals surface area contributed by atoms with Gasteiger partial charge in [0.05, 0.1) is 10.0 Å². The van der Waals surface area contributed by atoms with Crippen molar-refractivity contribution in [2.45, 2.75) is 71.0 Å². The van der Waals surface area contributed by atoms with Crippen molar-refractivity contribution in [2.24, 2.45) is 17.8 Å². The quantitative estimate of drug-likeness (QED) is 0.486. The van der Waals surface area contributed by atoms with E-state index < -0.39 is 0 Å². The Balaban J connectivity index is 1.50. The molecule has 0 aliphatic carbocycles. The summed E-state index contributed by atoms with van der Waals surface area (Å²) in [6, 6.07) is 15.1. The fourth-order valence-corrected chi connectivity index (χ4v) is 5.87. The van der Waals surface area contributed by atoms with Crippen LogP contribution in [0.1, 0.15) is 61.0 Å².